The first kappa shape index (κ1) is 16.3. The number of halogens is 2. The van der Waals surface area contributed by atoms with E-state index in [4.69, 9.17) is 28.3 Å². The van der Waals surface area contributed by atoms with Gasteiger partial charge in [0.25, 0.3) is 0 Å². The van der Waals surface area contributed by atoms with Crippen molar-refractivity contribution in [3.63, 3.8) is 0 Å². The number of pyridine rings is 1. The molecule has 0 fully saturated rings. The van der Waals surface area contributed by atoms with Crippen LogP contribution in [0.1, 0.15) is 11.4 Å². The third-order valence-electron chi connectivity index (χ3n) is 4.27. The summed E-state index contributed by atoms with van der Waals surface area (Å²) in [7, 11) is 0. The Morgan fingerprint density at radius 2 is 2.04 bits per heavy atom. The van der Waals surface area contributed by atoms with Gasteiger partial charge >= 0.3 is 0 Å². The monoisotopic (exact) mass is 377 g/mol. The quantitative estimate of drug-likeness (QED) is 0.737. The molecule has 0 radical (unpaired) electrons. The summed E-state index contributed by atoms with van der Waals surface area (Å²) in [5, 5.41) is 9.89. The van der Waals surface area contributed by atoms with E-state index in [1.54, 1.807) is 23.4 Å². The van der Waals surface area contributed by atoms with Crippen LogP contribution in [0.25, 0.3) is 16.9 Å². The average molecular weight is 378 g/mol. The number of carbonyl (C=O) groups excluding carboxylic acids is 1. The number of carbonyl (C=O) groups is 1. The van der Waals surface area contributed by atoms with Gasteiger partial charge in [-0.1, -0.05) is 23.2 Å². The number of amides is 1. The first-order valence-corrected chi connectivity index (χ1v) is 8.38. The Hall–Kier alpha value is -2.22. The van der Waals surface area contributed by atoms with Crippen LogP contribution in [0.15, 0.2) is 24.8 Å². The summed E-state index contributed by atoms with van der Waals surface area (Å²) in [6.45, 7) is 0.331. The Labute approximate surface area is 152 Å². The molecular formula is C16H13Cl2N5O2. The lowest BCUT2D eigenvalue weighted by molar-refractivity contribution is -0.135. The van der Waals surface area contributed by atoms with Crippen LogP contribution in [0.5, 0.6) is 0 Å². The van der Waals surface area contributed by atoms with Gasteiger partial charge in [-0.25, -0.2) is 15.0 Å². The average Bonchev–Trinajstić information content (AvgIpc) is 3.03. The molecule has 3 aromatic heterocycles. The molecule has 0 aromatic carbocycles. The zero-order valence-electron chi connectivity index (χ0n) is 13.0. The Morgan fingerprint density at radius 3 is 2.76 bits per heavy atom. The Morgan fingerprint density at radius 1 is 1.28 bits per heavy atom. The Bertz CT molecular complexity index is 974. The molecule has 9 heteroatoms. The highest BCUT2D eigenvalue weighted by Gasteiger charge is 2.27. The van der Waals surface area contributed by atoms with Crippen LogP contribution in [-0.2, 0) is 17.8 Å². The van der Waals surface area contributed by atoms with Gasteiger partial charge in [0.15, 0.2) is 5.65 Å². The number of rotatable bonds is 2. The van der Waals surface area contributed by atoms with Gasteiger partial charge in [-0.3, -0.25) is 9.20 Å². The largest absolute Gasteiger partial charge is 0.387 e. The smallest absolute Gasteiger partial charge is 0.248 e. The second kappa shape index (κ2) is 6.25. The van der Waals surface area contributed by atoms with Crippen LogP contribution in [-0.4, -0.2) is 48.4 Å². The minimum Gasteiger partial charge on any atom is -0.387 e. The molecule has 3 aromatic rings. The van der Waals surface area contributed by atoms with E-state index in [1.807, 2.05) is 4.40 Å². The minimum absolute atomic E-state index is 0.315. The predicted octanol–water partition coefficient (Wildman–Crippen LogP) is 1.98. The van der Waals surface area contributed by atoms with Crippen LogP contribution < -0.4 is 0 Å². The van der Waals surface area contributed by atoms with Crippen LogP contribution in [0.3, 0.4) is 0 Å². The summed E-state index contributed by atoms with van der Waals surface area (Å²) < 4.78 is 1.89. The van der Waals surface area contributed by atoms with Crippen LogP contribution in [0.4, 0.5) is 0 Å². The number of aliphatic hydroxyl groups excluding tert-OH is 1. The lowest BCUT2D eigenvalue weighted by Gasteiger charge is -2.26. The molecule has 0 unspecified atom stereocenters. The van der Waals surface area contributed by atoms with Crippen molar-refractivity contribution in [1.29, 1.82) is 0 Å². The third kappa shape index (κ3) is 2.64. The second-order valence-electron chi connectivity index (χ2n) is 5.71. The Balaban J connectivity index is 1.97. The predicted molar refractivity (Wildman–Crippen MR) is 92.4 cm³/mol. The van der Waals surface area contributed by atoms with Crippen LogP contribution in [0, 0.1) is 0 Å². The van der Waals surface area contributed by atoms with Crippen molar-refractivity contribution in [2.75, 3.05) is 13.2 Å². The molecule has 0 saturated heterocycles. The van der Waals surface area contributed by atoms with E-state index in [9.17, 15) is 4.79 Å². The molecular weight excluding hydrogens is 365 g/mol. The van der Waals surface area contributed by atoms with Crippen molar-refractivity contribution in [2.24, 2.45) is 0 Å². The second-order valence-corrected chi connectivity index (χ2v) is 6.49. The van der Waals surface area contributed by atoms with Gasteiger partial charge in [0, 0.05) is 30.9 Å². The molecule has 0 bridgehead atoms. The highest BCUT2D eigenvalue weighted by atomic mass is 35.5. The van der Waals surface area contributed by atoms with Gasteiger partial charge in [-0.2, -0.15) is 0 Å². The summed E-state index contributed by atoms with van der Waals surface area (Å²) in [6, 6.07) is 1.74. The summed E-state index contributed by atoms with van der Waals surface area (Å²) >= 11 is 12.6. The fourth-order valence-corrected chi connectivity index (χ4v) is 3.45. The third-order valence-corrected chi connectivity index (χ3v) is 5.04. The zero-order valence-corrected chi connectivity index (χ0v) is 14.5. The van der Waals surface area contributed by atoms with Gasteiger partial charge in [0.05, 0.1) is 28.6 Å². The lowest BCUT2D eigenvalue weighted by Crippen LogP contribution is -2.38. The number of nitrogens with zero attached hydrogens (tertiary/aromatic N) is 5. The Kier molecular flexibility index (Phi) is 4.07. The van der Waals surface area contributed by atoms with Crippen molar-refractivity contribution >= 4 is 34.8 Å². The molecule has 1 aliphatic rings. The molecule has 1 amide bonds. The molecule has 0 spiro atoms. The molecule has 1 aliphatic heterocycles. The fraction of sp³-hybridized carbons (Fsp3) is 0.250. The van der Waals surface area contributed by atoms with Crippen molar-refractivity contribution in [3.05, 3.63) is 46.2 Å². The maximum atomic E-state index is 11.9. The topological polar surface area (TPSA) is 83.6 Å². The molecule has 0 aliphatic carbocycles. The maximum absolute atomic E-state index is 11.9. The van der Waals surface area contributed by atoms with Crippen molar-refractivity contribution in [1.82, 2.24) is 24.3 Å². The standard InChI is InChI=1S/C16H13Cl2N5O2/c17-10-3-12(9-4-19-8-20-5-9)23-13-6-22(14(25)7-24)2-1-11(13)21-16(23)15(10)18/h3-5,8,24H,1-2,6-7H2. The van der Waals surface area contributed by atoms with Crippen molar-refractivity contribution in [2.45, 2.75) is 13.0 Å². The number of hydrogen-bond acceptors (Lipinski definition) is 5. The summed E-state index contributed by atoms with van der Waals surface area (Å²) in [5.74, 6) is -0.315. The van der Waals surface area contributed by atoms with E-state index in [0.29, 0.717) is 35.2 Å². The van der Waals surface area contributed by atoms with E-state index < -0.39 is 6.61 Å². The fourth-order valence-electron chi connectivity index (χ4n) is 3.08. The molecule has 4 heterocycles. The first-order valence-electron chi connectivity index (χ1n) is 7.62. The highest BCUT2D eigenvalue weighted by Crippen LogP contribution is 2.35. The van der Waals surface area contributed by atoms with Crippen LogP contribution in [0.2, 0.25) is 10.0 Å². The molecule has 25 heavy (non-hydrogen) atoms. The van der Waals surface area contributed by atoms with Gasteiger partial charge in [0.2, 0.25) is 5.91 Å². The molecule has 0 atom stereocenters. The zero-order chi connectivity index (χ0) is 17.6. The van der Waals surface area contributed by atoms with E-state index in [-0.39, 0.29) is 5.91 Å². The van der Waals surface area contributed by atoms with Crippen molar-refractivity contribution in [3.8, 4) is 11.3 Å². The molecule has 0 saturated carbocycles. The normalized spacial score (nSPS) is 14.0. The first-order chi connectivity index (χ1) is 12.1. The van der Waals surface area contributed by atoms with Crippen molar-refractivity contribution < 1.29 is 9.90 Å². The lowest BCUT2D eigenvalue weighted by atomic mass is 10.1. The van der Waals surface area contributed by atoms with Gasteiger partial charge < -0.3 is 10.0 Å². The van der Waals surface area contributed by atoms with E-state index in [2.05, 4.69) is 15.0 Å². The summed E-state index contributed by atoms with van der Waals surface area (Å²) in [5.41, 5.74) is 3.76. The highest BCUT2D eigenvalue weighted by molar-refractivity contribution is 6.44. The minimum atomic E-state index is -0.516. The molecule has 4 rings (SSSR count). The summed E-state index contributed by atoms with van der Waals surface area (Å²) in [4.78, 5) is 26.2. The van der Waals surface area contributed by atoms with Gasteiger partial charge in [-0.05, 0) is 6.07 Å². The van der Waals surface area contributed by atoms with Gasteiger partial charge in [0.1, 0.15) is 18.0 Å². The number of fused-ring (bicyclic) bond motifs is 3. The molecule has 7 nitrogen and oxygen atoms in total. The molecule has 1 N–H and O–H groups in total. The number of aliphatic hydroxyl groups is 1. The number of aromatic nitrogens is 4. The maximum Gasteiger partial charge on any atom is 0.248 e. The van der Waals surface area contributed by atoms with E-state index in [1.165, 1.54) is 6.33 Å². The number of hydrogen-bond donors (Lipinski definition) is 1. The SMILES string of the molecule is O=C(CO)N1CCc2nc3c(Cl)c(Cl)cc(-c4cncnc4)n3c2C1. The van der Waals surface area contributed by atoms with E-state index >= 15 is 0 Å². The van der Waals surface area contributed by atoms with E-state index in [0.717, 1.165) is 22.6 Å². The van der Waals surface area contributed by atoms with Gasteiger partial charge in [-0.15, -0.1) is 0 Å². The summed E-state index contributed by atoms with van der Waals surface area (Å²) in [6.07, 6.45) is 5.39. The number of imidazole rings is 1. The molecule has 128 valence electrons. The van der Waals surface area contributed by atoms with Crippen LogP contribution >= 0.6 is 23.2 Å².